The molecule has 34 heavy (non-hydrogen) atoms. The second kappa shape index (κ2) is 8.73. The molecular weight excluding hydrogens is 444 g/mol. The molecule has 1 saturated heterocycles. The quantitative estimate of drug-likeness (QED) is 0.685. The number of hydrogen-bond donors (Lipinski definition) is 2. The fourth-order valence-electron chi connectivity index (χ4n) is 4.70. The van der Waals surface area contributed by atoms with E-state index in [1.54, 1.807) is 19.2 Å². The smallest absolute Gasteiger partial charge is 0.416 e. The summed E-state index contributed by atoms with van der Waals surface area (Å²) in [6.45, 7) is 0.188. The highest BCUT2D eigenvalue weighted by Gasteiger charge is 2.47. The number of pyridine rings is 1. The molecule has 3 heterocycles. The van der Waals surface area contributed by atoms with Gasteiger partial charge in [-0.05, 0) is 42.7 Å². The van der Waals surface area contributed by atoms with Gasteiger partial charge >= 0.3 is 12.2 Å². The van der Waals surface area contributed by atoms with Gasteiger partial charge in [0.15, 0.2) is 18.2 Å². The first-order chi connectivity index (χ1) is 16.4. The number of aromatic nitrogens is 1. The van der Waals surface area contributed by atoms with Gasteiger partial charge in [-0.1, -0.05) is 12.1 Å². The lowest BCUT2D eigenvalue weighted by Gasteiger charge is -2.33. The average molecular weight is 468 g/mol. The molecule has 11 nitrogen and oxygen atoms in total. The lowest BCUT2D eigenvalue weighted by molar-refractivity contribution is -0.121. The Balaban J connectivity index is 1.40. The number of nitrogens with zero attached hydrogens (tertiary/aromatic N) is 3. The van der Waals surface area contributed by atoms with Gasteiger partial charge < -0.3 is 24.6 Å². The van der Waals surface area contributed by atoms with Crippen LogP contribution in [0, 0.1) is 0 Å². The van der Waals surface area contributed by atoms with Crippen LogP contribution in [0.3, 0.4) is 0 Å². The lowest BCUT2D eigenvalue weighted by Crippen LogP contribution is -2.47. The van der Waals surface area contributed by atoms with Crippen LogP contribution in [0.5, 0.6) is 11.5 Å². The summed E-state index contributed by atoms with van der Waals surface area (Å²) >= 11 is 0. The van der Waals surface area contributed by atoms with Crippen LogP contribution in [0.1, 0.15) is 24.8 Å². The van der Waals surface area contributed by atoms with Crippen LogP contribution >= 0.6 is 0 Å². The molecule has 2 fully saturated rings. The number of nitrogens with one attached hydrogen (secondary N) is 1. The van der Waals surface area contributed by atoms with E-state index in [-0.39, 0.29) is 31.1 Å². The van der Waals surface area contributed by atoms with Gasteiger partial charge in [-0.3, -0.25) is 14.6 Å². The molecule has 3 amide bonds. The summed E-state index contributed by atoms with van der Waals surface area (Å²) in [5.74, 6) is 1.62. The van der Waals surface area contributed by atoms with Crippen molar-refractivity contribution in [3.8, 4) is 11.5 Å². The molecule has 11 heteroatoms. The van der Waals surface area contributed by atoms with E-state index in [0.717, 1.165) is 5.56 Å². The normalized spacial score (nSPS) is 23.5. The molecule has 5 rings (SSSR count). The Hall–Kier alpha value is -4.02. The predicted octanol–water partition coefficient (Wildman–Crippen LogP) is 2.53. The van der Waals surface area contributed by atoms with Gasteiger partial charge in [0.25, 0.3) is 5.91 Å². The number of carboxylic acid groups (broad SMARTS) is 1. The fraction of sp³-hybridized carbons (Fsp3) is 0.391. The Kier molecular flexibility index (Phi) is 5.60. The Morgan fingerprint density at radius 3 is 2.74 bits per heavy atom. The minimum Gasteiger partial charge on any atom is -0.497 e. The van der Waals surface area contributed by atoms with E-state index in [2.05, 4.69) is 10.3 Å². The van der Waals surface area contributed by atoms with Crippen LogP contribution in [0.2, 0.25) is 0 Å². The van der Waals surface area contributed by atoms with Crippen molar-refractivity contribution in [3.63, 3.8) is 0 Å². The van der Waals surface area contributed by atoms with Gasteiger partial charge in [0.05, 0.1) is 19.7 Å². The van der Waals surface area contributed by atoms with Crippen LogP contribution in [0.25, 0.3) is 0 Å². The highest BCUT2D eigenvalue weighted by atomic mass is 16.6. The summed E-state index contributed by atoms with van der Waals surface area (Å²) in [4.78, 5) is 44.1. The number of rotatable bonds is 5. The number of benzene rings is 1. The van der Waals surface area contributed by atoms with E-state index >= 15 is 0 Å². The van der Waals surface area contributed by atoms with Crippen LogP contribution < -0.4 is 24.6 Å². The van der Waals surface area contributed by atoms with Crippen molar-refractivity contribution < 1.29 is 33.7 Å². The van der Waals surface area contributed by atoms with E-state index in [1.165, 1.54) is 9.80 Å². The van der Waals surface area contributed by atoms with Gasteiger partial charge in [0.1, 0.15) is 17.7 Å². The number of amides is 3. The van der Waals surface area contributed by atoms with Crippen molar-refractivity contribution in [1.82, 2.24) is 10.3 Å². The number of carbonyl (C=O) groups is 3. The van der Waals surface area contributed by atoms with Crippen molar-refractivity contribution in [2.24, 2.45) is 0 Å². The van der Waals surface area contributed by atoms with Crippen molar-refractivity contribution in [2.45, 2.75) is 44.0 Å². The monoisotopic (exact) mass is 468 g/mol. The van der Waals surface area contributed by atoms with Crippen LogP contribution in [0.4, 0.5) is 21.2 Å². The summed E-state index contributed by atoms with van der Waals surface area (Å²) in [7, 11) is 1.59. The first kappa shape index (κ1) is 21.8. The number of fused-ring (bicyclic) bond motifs is 2. The van der Waals surface area contributed by atoms with Crippen LogP contribution in [-0.4, -0.2) is 60.1 Å². The predicted molar refractivity (Wildman–Crippen MR) is 119 cm³/mol. The maximum atomic E-state index is 12.7. The molecule has 1 aliphatic carbocycles. The zero-order chi connectivity index (χ0) is 23.8. The molecule has 0 spiro atoms. The molecule has 3 atom stereocenters. The van der Waals surface area contributed by atoms with Crippen molar-refractivity contribution in [1.29, 1.82) is 0 Å². The topological polar surface area (TPSA) is 131 Å². The fourth-order valence-corrected chi connectivity index (χ4v) is 4.70. The number of methoxy groups -OCH3 is 1. The highest BCUT2D eigenvalue weighted by Crippen LogP contribution is 2.38. The molecule has 1 aromatic carbocycles. The molecule has 0 radical (unpaired) electrons. The summed E-state index contributed by atoms with van der Waals surface area (Å²) in [6, 6.07) is 10.2. The third-order valence-electron chi connectivity index (χ3n) is 6.34. The van der Waals surface area contributed by atoms with Gasteiger partial charge in [0.2, 0.25) is 0 Å². The lowest BCUT2D eigenvalue weighted by atomic mass is 9.88. The molecule has 2 N–H and O–H groups in total. The maximum absolute atomic E-state index is 12.7. The highest BCUT2D eigenvalue weighted by molar-refractivity contribution is 5.97. The largest absolute Gasteiger partial charge is 0.497 e. The minimum atomic E-state index is -1.09. The van der Waals surface area contributed by atoms with Crippen LogP contribution in [-0.2, 0) is 16.1 Å². The number of hydrogen-bond acceptors (Lipinski definition) is 7. The molecular formula is C23H24N4O7. The number of carbonyl (C=O) groups excluding carboxylic acids is 2. The SMILES string of the molecule is COc1ccc(CN2C(=O)COc3ccc(N4C(=O)O[C@@H]5C[C@@H](NC(=O)O)CC[C@@H]54)nc32)cc1. The summed E-state index contributed by atoms with van der Waals surface area (Å²) < 4.78 is 16.3. The Morgan fingerprint density at radius 1 is 1.21 bits per heavy atom. The third-order valence-corrected chi connectivity index (χ3v) is 6.34. The second-order valence-electron chi connectivity index (χ2n) is 8.43. The second-order valence-corrected chi connectivity index (χ2v) is 8.43. The molecule has 0 bridgehead atoms. The Morgan fingerprint density at radius 2 is 2.00 bits per heavy atom. The van der Waals surface area contributed by atoms with E-state index in [9.17, 15) is 14.4 Å². The van der Waals surface area contributed by atoms with Gasteiger partial charge in [-0.15, -0.1) is 0 Å². The van der Waals surface area contributed by atoms with Gasteiger partial charge in [0, 0.05) is 12.5 Å². The van der Waals surface area contributed by atoms with Crippen molar-refractivity contribution in [2.75, 3.05) is 23.5 Å². The van der Waals surface area contributed by atoms with E-state index in [0.29, 0.717) is 42.4 Å². The molecule has 1 saturated carbocycles. The molecule has 0 unspecified atom stereocenters. The summed E-state index contributed by atoms with van der Waals surface area (Å²) in [5, 5.41) is 11.5. The number of anilines is 2. The molecule has 2 aliphatic heterocycles. The maximum Gasteiger partial charge on any atom is 0.416 e. The third kappa shape index (κ3) is 4.04. The standard InChI is InChI=1S/C23H24N4O7/c1-32-15-5-2-13(3-6-15)11-26-20(28)12-33-17-8-9-19(25-21(17)26)27-16-7-4-14(24-22(29)30)10-18(16)34-23(27)31/h2-3,5-6,8-9,14,16,18,24H,4,7,10-12H2,1H3,(H,29,30)/t14-,16-,18+/m0/s1. The Bertz CT molecular complexity index is 1120. The Labute approximate surface area is 195 Å². The van der Waals surface area contributed by atoms with E-state index < -0.39 is 18.3 Å². The number of ether oxygens (including phenoxy) is 3. The zero-order valence-corrected chi connectivity index (χ0v) is 18.5. The summed E-state index contributed by atoms with van der Waals surface area (Å²) in [6.07, 6.45) is -0.535. The minimum absolute atomic E-state index is 0.0986. The van der Waals surface area contributed by atoms with Gasteiger partial charge in [-0.2, -0.15) is 0 Å². The summed E-state index contributed by atoms with van der Waals surface area (Å²) in [5.41, 5.74) is 0.888. The average Bonchev–Trinajstić information content (AvgIpc) is 3.15. The molecule has 2 aromatic rings. The van der Waals surface area contributed by atoms with Crippen LogP contribution in [0.15, 0.2) is 36.4 Å². The zero-order valence-electron chi connectivity index (χ0n) is 18.5. The van der Waals surface area contributed by atoms with E-state index in [1.807, 2.05) is 24.3 Å². The van der Waals surface area contributed by atoms with Crippen molar-refractivity contribution >= 4 is 29.7 Å². The molecule has 3 aliphatic rings. The van der Waals surface area contributed by atoms with Crippen molar-refractivity contribution in [3.05, 3.63) is 42.0 Å². The van der Waals surface area contributed by atoms with E-state index in [4.69, 9.17) is 19.3 Å². The molecule has 1 aromatic heterocycles. The first-order valence-corrected chi connectivity index (χ1v) is 11.0. The first-order valence-electron chi connectivity index (χ1n) is 11.0. The molecule has 178 valence electrons. The van der Waals surface area contributed by atoms with Gasteiger partial charge in [-0.25, -0.2) is 14.6 Å².